The molecule has 18 nitrogen and oxygen atoms in total. The molecule has 0 aliphatic rings. The Hall–Kier alpha value is -8.51. The van der Waals surface area contributed by atoms with Crippen LogP contribution in [-0.2, 0) is 19.6 Å². The number of carbonyl (C=O) groups excluding carboxylic acids is 4. The molecule has 0 bridgehead atoms. The van der Waals surface area contributed by atoms with Gasteiger partial charge in [-0.1, -0.05) is 78.9 Å². The van der Waals surface area contributed by atoms with E-state index in [0.717, 1.165) is 16.7 Å². The average molecular weight is 866 g/mol. The third-order valence-corrected chi connectivity index (χ3v) is 9.89. The van der Waals surface area contributed by atoms with Crippen molar-refractivity contribution in [3.63, 3.8) is 0 Å². The summed E-state index contributed by atoms with van der Waals surface area (Å²) < 4.78 is 13.2. The molecule has 11 N–H and O–H groups in total. The highest BCUT2D eigenvalue weighted by Gasteiger charge is 2.24. The number of aromatic nitrogens is 5. The molecule has 7 rings (SSSR count). The Bertz CT molecular complexity index is 2780. The van der Waals surface area contributed by atoms with Crippen molar-refractivity contribution in [3.05, 3.63) is 154 Å². The van der Waals surface area contributed by atoms with Gasteiger partial charge in [-0.25, -0.2) is 9.67 Å². The van der Waals surface area contributed by atoms with E-state index < -0.39 is 11.8 Å². The predicted octanol–water partition coefficient (Wildman–Crippen LogP) is 4.02. The van der Waals surface area contributed by atoms with Crippen molar-refractivity contribution in [1.29, 1.82) is 0 Å². The Labute approximate surface area is 367 Å². The second-order valence-corrected chi connectivity index (χ2v) is 14.2. The number of nitrogens with one attached hydrogen (secondary N) is 2. The molecule has 4 amide bonds. The molecule has 0 atom stereocenters. The molecular formula is C46H47N11O7. The summed E-state index contributed by atoms with van der Waals surface area (Å²) in [7, 11) is 3.04. The van der Waals surface area contributed by atoms with E-state index in [1.54, 1.807) is 85.1 Å². The second kappa shape index (κ2) is 20.4. The van der Waals surface area contributed by atoms with Crippen LogP contribution < -0.4 is 43.0 Å². The van der Waals surface area contributed by atoms with Gasteiger partial charge in [-0.3, -0.25) is 19.2 Å². The van der Waals surface area contributed by atoms with Crippen LogP contribution in [0.2, 0.25) is 0 Å². The Morgan fingerprint density at radius 3 is 1.55 bits per heavy atom. The molecule has 0 saturated heterocycles. The number of aliphatic hydroxyl groups is 1. The smallest absolute Gasteiger partial charge is 0.255 e. The number of nitrogens with zero attached hydrogens (tertiary/aromatic N) is 5. The topological polar surface area (TPSA) is 284 Å². The Morgan fingerprint density at radius 1 is 0.641 bits per heavy atom. The lowest BCUT2D eigenvalue weighted by atomic mass is 10.0. The van der Waals surface area contributed by atoms with Gasteiger partial charge in [0.05, 0.1) is 38.5 Å². The number of amides is 4. The molecule has 0 unspecified atom stereocenters. The zero-order valence-corrected chi connectivity index (χ0v) is 35.2. The van der Waals surface area contributed by atoms with Crippen LogP contribution in [-0.4, -0.2) is 74.1 Å². The summed E-state index contributed by atoms with van der Waals surface area (Å²) in [5.74, 6) is -0.151. The molecule has 328 valence electrons. The highest BCUT2D eigenvalue weighted by molar-refractivity contribution is 6.04. The Balaban J connectivity index is 0.000000214. The van der Waals surface area contributed by atoms with Crippen LogP contribution in [0.4, 0.5) is 11.6 Å². The lowest BCUT2D eigenvalue weighted by Gasteiger charge is -2.09. The predicted molar refractivity (Wildman–Crippen MR) is 240 cm³/mol. The molecule has 0 fully saturated rings. The summed E-state index contributed by atoms with van der Waals surface area (Å²) in [5.41, 5.74) is 29.1. The zero-order valence-electron chi connectivity index (χ0n) is 35.2. The maximum Gasteiger partial charge on any atom is 0.255 e. The average Bonchev–Trinajstić information content (AvgIpc) is 3.84. The van der Waals surface area contributed by atoms with Gasteiger partial charge in [0.15, 0.2) is 5.82 Å². The first kappa shape index (κ1) is 45.0. The molecule has 0 saturated carbocycles. The Kier molecular flexibility index (Phi) is 14.3. The molecule has 3 aromatic heterocycles. The number of pyridine rings is 1. The minimum atomic E-state index is -0.695. The normalized spacial score (nSPS) is 10.6. The lowest BCUT2D eigenvalue weighted by Crippen LogP contribution is -2.23. The largest absolute Gasteiger partial charge is 0.496 e. The first-order valence-corrected chi connectivity index (χ1v) is 19.7. The molecule has 0 aliphatic heterocycles. The summed E-state index contributed by atoms with van der Waals surface area (Å²) >= 11 is 0. The van der Waals surface area contributed by atoms with Crippen LogP contribution in [0.15, 0.2) is 115 Å². The number of ether oxygens (including phenoxy) is 2. The maximum absolute atomic E-state index is 12.5. The first-order chi connectivity index (χ1) is 30.8. The molecule has 0 spiro atoms. The number of anilines is 2. The van der Waals surface area contributed by atoms with Crippen LogP contribution in [0.5, 0.6) is 11.5 Å². The zero-order chi connectivity index (χ0) is 45.9. The molecule has 4 aromatic carbocycles. The molecule has 0 radical (unpaired) electrons. The van der Waals surface area contributed by atoms with Crippen LogP contribution >= 0.6 is 0 Å². The van der Waals surface area contributed by atoms with Crippen molar-refractivity contribution in [2.24, 2.45) is 11.5 Å². The van der Waals surface area contributed by atoms with Crippen molar-refractivity contribution in [2.75, 3.05) is 32.3 Å². The van der Waals surface area contributed by atoms with E-state index in [1.807, 2.05) is 37.3 Å². The van der Waals surface area contributed by atoms with E-state index in [-0.39, 0.29) is 47.7 Å². The summed E-state index contributed by atoms with van der Waals surface area (Å²) in [6.07, 6.45) is 1.69. The van der Waals surface area contributed by atoms with E-state index in [0.29, 0.717) is 64.0 Å². The third-order valence-electron chi connectivity index (χ3n) is 9.89. The fraction of sp³-hybridized carbons (Fsp3) is 0.152. The van der Waals surface area contributed by atoms with Gasteiger partial charge in [0, 0.05) is 30.4 Å². The number of aliphatic hydroxyl groups excluding tert-OH is 1. The number of primary amides is 2. The number of hydrogen-bond donors (Lipinski definition) is 7. The van der Waals surface area contributed by atoms with Gasteiger partial charge in [-0.05, 0) is 53.9 Å². The number of hydrogen-bond acceptors (Lipinski definition) is 12. The lowest BCUT2D eigenvalue weighted by molar-refractivity contribution is 0.0939. The van der Waals surface area contributed by atoms with Crippen molar-refractivity contribution >= 4 is 35.3 Å². The monoisotopic (exact) mass is 865 g/mol. The summed E-state index contributed by atoms with van der Waals surface area (Å²) in [5, 5.41) is 23.7. The number of aryl methyl sites for hydroxylation is 1. The van der Waals surface area contributed by atoms with Crippen LogP contribution in [0.25, 0.3) is 28.3 Å². The van der Waals surface area contributed by atoms with E-state index in [1.165, 1.54) is 23.6 Å². The van der Waals surface area contributed by atoms with Gasteiger partial charge in [0.2, 0.25) is 0 Å². The number of benzene rings is 4. The van der Waals surface area contributed by atoms with E-state index in [4.69, 9.17) is 37.5 Å². The van der Waals surface area contributed by atoms with Crippen molar-refractivity contribution in [2.45, 2.75) is 26.6 Å². The highest BCUT2D eigenvalue weighted by Crippen LogP contribution is 2.30. The van der Waals surface area contributed by atoms with Gasteiger partial charge in [0.1, 0.15) is 45.6 Å². The van der Waals surface area contributed by atoms with Crippen LogP contribution in [0.1, 0.15) is 58.1 Å². The quantitative estimate of drug-likeness (QED) is 0.0770. The summed E-state index contributed by atoms with van der Waals surface area (Å²) in [6, 6.07) is 32.0. The first-order valence-electron chi connectivity index (χ1n) is 19.7. The minimum Gasteiger partial charge on any atom is -0.496 e. The SMILES string of the molecule is COc1ccccc1C(=O)NCc1ccc(-c2nn(-c3ccc(C)cn3)c(N)c2C(N)=O)cc1.COc1ccccc1C(=O)NCc1ccc(-c2nn(CCO)c(N)c2C(N)=O)cc1. The van der Waals surface area contributed by atoms with Gasteiger partial charge in [-0.15, -0.1) is 0 Å². The fourth-order valence-electron chi connectivity index (χ4n) is 6.60. The number of rotatable bonds is 15. The number of nitrogen functional groups attached to an aromatic ring is 2. The third kappa shape index (κ3) is 10.2. The fourth-order valence-corrected chi connectivity index (χ4v) is 6.60. The number of nitrogens with two attached hydrogens (primary N) is 4. The molecule has 64 heavy (non-hydrogen) atoms. The van der Waals surface area contributed by atoms with Gasteiger partial charge < -0.3 is 48.1 Å². The minimum absolute atomic E-state index is 0.111. The van der Waals surface area contributed by atoms with Crippen molar-refractivity contribution in [3.8, 4) is 39.8 Å². The number of carbonyl (C=O) groups is 4. The van der Waals surface area contributed by atoms with Gasteiger partial charge >= 0.3 is 0 Å². The molecule has 3 heterocycles. The van der Waals surface area contributed by atoms with E-state index in [2.05, 4.69) is 25.8 Å². The van der Waals surface area contributed by atoms with Crippen LogP contribution in [0.3, 0.4) is 0 Å². The molecular weight excluding hydrogens is 819 g/mol. The summed E-state index contributed by atoms with van der Waals surface area (Å²) in [4.78, 5) is 53.3. The van der Waals surface area contributed by atoms with E-state index in [9.17, 15) is 19.2 Å². The van der Waals surface area contributed by atoms with Gasteiger partial charge in [-0.2, -0.15) is 14.9 Å². The maximum atomic E-state index is 12.5. The second-order valence-electron chi connectivity index (χ2n) is 14.2. The standard InChI is InChI=1S/C25H24N6O3.C21H23N5O4/c1-15-7-12-20(28-13-15)31-23(26)21(24(27)32)22(30-31)17-10-8-16(9-11-17)14-29-25(33)18-5-3-4-6-19(18)34-2;1-30-16-5-3-2-4-15(16)21(29)24-12-13-6-8-14(9-7-13)18-17(20(23)28)19(22)26(25-18)10-11-27/h3-13H,14,26H2,1-2H3,(H2,27,32)(H,29,33);2-9,27H,10-12,22H2,1H3,(H2,23,28)(H,24,29). The van der Waals surface area contributed by atoms with Crippen molar-refractivity contribution < 1.29 is 33.8 Å². The van der Waals surface area contributed by atoms with E-state index >= 15 is 0 Å². The number of methoxy groups -OCH3 is 2. The highest BCUT2D eigenvalue weighted by atomic mass is 16.5. The van der Waals surface area contributed by atoms with Crippen LogP contribution in [0, 0.1) is 6.92 Å². The molecule has 18 heteroatoms. The van der Waals surface area contributed by atoms with Crippen molar-refractivity contribution in [1.82, 2.24) is 35.2 Å². The van der Waals surface area contributed by atoms with Gasteiger partial charge in [0.25, 0.3) is 23.6 Å². The molecule has 0 aliphatic carbocycles. The number of para-hydroxylation sites is 2. The molecule has 7 aromatic rings. The summed E-state index contributed by atoms with van der Waals surface area (Å²) in [6.45, 7) is 2.52. The Morgan fingerprint density at radius 2 is 1.11 bits per heavy atom.